The lowest BCUT2D eigenvalue weighted by molar-refractivity contribution is -0.274. The quantitative estimate of drug-likeness (QED) is 0.0402. The van der Waals surface area contributed by atoms with Crippen molar-refractivity contribution in [3.05, 3.63) is 305 Å². The van der Waals surface area contributed by atoms with Gasteiger partial charge in [-0.25, -0.2) is 29.9 Å². The molecule has 3 aliphatic rings. The number of nitrogens with one attached hydrogen (secondary N) is 5. The number of imidazole rings is 4. The monoisotopic (exact) mass is 1880 g/mol. The zero-order valence-corrected chi connectivity index (χ0v) is 73.7. The van der Waals surface area contributed by atoms with Crippen molar-refractivity contribution in [1.29, 1.82) is 5.26 Å². The van der Waals surface area contributed by atoms with Gasteiger partial charge in [0.1, 0.15) is 46.5 Å². The molecule has 43 heteroatoms. The molecule has 0 bridgehead atoms. The van der Waals surface area contributed by atoms with Crippen molar-refractivity contribution >= 4 is 154 Å². The summed E-state index contributed by atoms with van der Waals surface area (Å²) < 4.78 is 127. The molecule has 0 radical (unpaired) electrons. The summed E-state index contributed by atoms with van der Waals surface area (Å²) >= 11 is 5.88. The summed E-state index contributed by atoms with van der Waals surface area (Å²) in [6.45, 7) is 9.60. The molecule has 0 fully saturated rings. The Hall–Kier alpha value is -18.6. The predicted molar refractivity (Wildman–Crippen MR) is 508 cm³/mol. The van der Waals surface area contributed by atoms with Crippen molar-refractivity contribution in [2.24, 2.45) is 4.99 Å². The lowest BCUT2D eigenvalue weighted by Crippen LogP contribution is -2.17. The van der Waals surface area contributed by atoms with Gasteiger partial charge in [0.2, 0.25) is 60.6 Å². The molecule has 0 saturated carbocycles. The maximum absolute atomic E-state index is 14.6. The Labute approximate surface area is 781 Å². The number of anilines is 15. The number of ether oxygens (including phenoxy) is 5. The molecule has 22 rings (SSSR count). The molecule has 35 nitrogen and oxygen atoms in total. The van der Waals surface area contributed by atoms with Crippen LogP contribution in [-0.2, 0) is 0 Å². The second-order valence-electron chi connectivity index (χ2n) is 30.5. The van der Waals surface area contributed by atoms with Crippen LogP contribution >= 0.6 is 11.6 Å². The minimum atomic E-state index is -4.80. The number of rotatable bonds is 16. The number of para-hydroxylation sites is 9. The van der Waals surface area contributed by atoms with E-state index in [0.29, 0.717) is 96.8 Å². The first-order valence-electron chi connectivity index (χ1n) is 41.7. The van der Waals surface area contributed by atoms with Crippen LogP contribution in [0.1, 0.15) is 53.1 Å². The van der Waals surface area contributed by atoms with Gasteiger partial charge in [-0.05, 0) is 192 Å². The number of nitrogen functional groups attached to an aromatic ring is 5. The molecule has 0 aliphatic carbocycles. The zero-order chi connectivity index (χ0) is 96.3. The number of aryl methyl sites for hydroxylation is 4. The Bertz CT molecular complexity index is 7980. The molecule has 19 aromatic rings. The number of nitrogens with two attached hydrogens (primary N) is 5. The number of hydrogen-bond donors (Lipinski definition) is 10. The van der Waals surface area contributed by atoms with Gasteiger partial charge in [0.05, 0.1) is 67.4 Å². The van der Waals surface area contributed by atoms with Crippen molar-refractivity contribution in [2.75, 3.05) is 68.8 Å². The minimum absolute atomic E-state index is 0.0145. The molecule has 9 aromatic heterocycles. The van der Waals surface area contributed by atoms with E-state index in [4.69, 9.17) is 64.5 Å². The van der Waals surface area contributed by atoms with Crippen LogP contribution in [0, 0.1) is 62.3 Å². The molecule has 10 aromatic carbocycles. The Kier molecular flexibility index (Phi) is 24.8. The third kappa shape index (κ3) is 19.3. The van der Waals surface area contributed by atoms with E-state index in [1.165, 1.54) is 12.1 Å². The van der Waals surface area contributed by atoms with Crippen molar-refractivity contribution in [3.63, 3.8) is 0 Å². The zero-order valence-electron chi connectivity index (χ0n) is 72.9. The number of aliphatic imine (C=N–C) groups is 1. The molecule has 0 saturated heterocycles. The molecule has 1 unspecified atom stereocenters. The molecule has 0 amide bonds. The first kappa shape index (κ1) is 90.0. The van der Waals surface area contributed by atoms with Gasteiger partial charge in [-0.1, -0.05) is 78.3 Å². The Morgan fingerprint density at radius 1 is 0.384 bits per heavy atom. The molecule has 690 valence electrons. The van der Waals surface area contributed by atoms with E-state index in [0.717, 1.165) is 79.5 Å². The Balaban J connectivity index is 0.000000115. The summed E-state index contributed by atoms with van der Waals surface area (Å²) in [5.41, 5.74) is 41.6. The van der Waals surface area contributed by atoms with Gasteiger partial charge >= 0.3 is 6.36 Å². The standard InChI is InChI=1S/C20H15FN6.C19H14F4N6O.C19H15FN6O2.C19H16N6O2.C18H14ClFN6/c1-11-16(14-4-2-3-5-15(14)24-11)19-26-18(23)17(21)20(27-19)25-13-8-6-12(10-22)7-9-13;1-10-25-13-4-2-3-5-14(13)29(10)18-27-16(24)15(20)17(28-18)26-11-6-8-12(9-7-11)30-19(21,22)23;1-10-22-12-4-2-3-5-13(12)26(10)19-24-17(21)16(20)18(25-19)23-11-6-7-14-15(8-11)28-9-27-14;1-11-21-13-4-2-3-5-14(13)25(11)19-23-17(20)9-18(24-19)22-12-6-7-15-16(8-12)27-10-26-15;1-10-22-13-4-2-3-5-14(13)26(10)18-24-16(21)15(20)17(25-18)23-12-8-6-11(19)7-9-12/h2-9,16H,1H3,(H3,23,25,26,27);2-9H,1H3,(H3,24,26,27,28);2-8H,9H2,1H3,(H3,21,23,24,25);2-9H,10H2,1H3,(H3,20,22,23,24);2-9H,1H3,(H3,21,23,24,25). The molecule has 0 spiro atoms. The Morgan fingerprint density at radius 3 is 1.17 bits per heavy atom. The fourth-order valence-corrected chi connectivity index (χ4v) is 15.1. The van der Waals surface area contributed by atoms with Gasteiger partial charge in [0.15, 0.2) is 69.5 Å². The molecular formula is C95H74ClF7N30O5. The summed E-state index contributed by atoms with van der Waals surface area (Å²) in [6, 6.07) is 70.7. The number of benzene rings is 10. The maximum Gasteiger partial charge on any atom is 0.573 e. The molecule has 15 N–H and O–H groups in total. The first-order valence-corrected chi connectivity index (χ1v) is 42.1. The summed E-state index contributed by atoms with van der Waals surface area (Å²) in [6.07, 6.45) is -4.80. The molecule has 138 heavy (non-hydrogen) atoms. The third-order valence-corrected chi connectivity index (χ3v) is 21.4. The summed E-state index contributed by atoms with van der Waals surface area (Å²) in [4.78, 5) is 65.1. The fraction of sp³-hybridized carbons (Fsp3) is 0.0947. The highest BCUT2D eigenvalue weighted by atomic mass is 35.5. The number of nitriles is 1. The number of halogens is 8. The van der Waals surface area contributed by atoms with Crippen LogP contribution in [0.25, 0.3) is 67.9 Å². The van der Waals surface area contributed by atoms with Crippen LogP contribution < -0.4 is 78.9 Å². The lowest BCUT2D eigenvalue weighted by atomic mass is 9.95. The van der Waals surface area contributed by atoms with E-state index in [2.05, 4.69) is 106 Å². The molecule has 12 heterocycles. The molecule has 3 aliphatic heterocycles. The van der Waals surface area contributed by atoms with Crippen molar-refractivity contribution < 1.29 is 54.4 Å². The second kappa shape index (κ2) is 38.0. The highest BCUT2D eigenvalue weighted by Gasteiger charge is 2.33. The third-order valence-electron chi connectivity index (χ3n) is 21.2. The van der Waals surface area contributed by atoms with E-state index >= 15 is 0 Å². The van der Waals surface area contributed by atoms with Crippen LogP contribution in [0.5, 0.6) is 28.7 Å². The molecular weight excluding hydrogens is 1810 g/mol. The van der Waals surface area contributed by atoms with Crippen LogP contribution in [0.15, 0.2) is 242 Å². The second-order valence-corrected chi connectivity index (χ2v) is 31.0. The highest BCUT2D eigenvalue weighted by Crippen LogP contribution is 2.42. The largest absolute Gasteiger partial charge is 0.573 e. The highest BCUT2D eigenvalue weighted by molar-refractivity contribution is 6.30. The average Bonchev–Trinajstić information content (AvgIpc) is 1.58. The topological polar surface area (TPSA) is 473 Å². The fourth-order valence-electron chi connectivity index (χ4n) is 15.0. The number of nitrogens with zero attached hydrogens (tertiary/aromatic N) is 20. The number of alkyl halides is 3. The number of aromatic nitrogens is 18. The molecule has 1 atom stereocenters. The van der Waals surface area contributed by atoms with E-state index in [1.807, 2.05) is 178 Å². The van der Waals surface area contributed by atoms with Gasteiger partial charge in [-0.15, -0.1) is 13.2 Å². The van der Waals surface area contributed by atoms with Crippen molar-refractivity contribution in [3.8, 4) is 58.6 Å². The first-order chi connectivity index (χ1) is 66.6. The van der Waals surface area contributed by atoms with E-state index < -0.39 is 41.2 Å². The smallest absolute Gasteiger partial charge is 0.454 e. The van der Waals surface area contributed by atoms with Gasteiger partial charge in [-0.3, -0.25) is 23.3 Å². The van der Waals surface area contributed by atoms with Crippen LogP contribution in [-0.4, -0.2) is 114 Å². The van der Waals surface area contributed by atoms with Crippen LogP contribution in [0.3, 0.4) is 0 Å². The lowest BCUT2D eigenvalue weighted by Gasteiger charge is -2.15. The van der Waals surface area contributed by atoms with Crippen molar-refractivity contribution in [2.45, 2.75) is 46.9 Å². The van der Waals surface area contributed by atoms with Gasteiger partial charge in [-0.2, -0.15) is 62.7 Å². The average molecular weight is 1880 g/mol. The summed E-state index contributed by atoms with van der Waals surface area (Å²) in [5, 5.41) is 24.2. The van der Waals surface area contributed by atoms with E-state index in [9.17, 15) is 30.7 Å². The van der Waals surface area contributed by atoms with Crippen LogP contribution in [0.2, 0.25) is 5.02 Å². The normalized spacial score (nSPS) is 12.5. The van der Waals surface area contributed by atoms with Gasteiger partial charge in [0.25, 0.3) is 0 Å². The summed E-state index contributed by atoms with van der Waals surface area (Å²) in [7, 11) is 0. The van der Waals surface area contributed by atoms with Crippen LogP contribution in [0.4, 0.5) is 123 Å². The van der Waals surface area contributed by atoms with Gasteiger partial charge in [0, 0.05) is 57.4 Å². The maximum atomic E-state index is 14.6. The van der Waals surface area contributed by atoms with Gasteiger partial charge < -0.3 is 78.9 Å². The van der Waals surface area contributed by atoms with Crippen molar-refractivity contribution in [1.82, 2.24) is 88.0 Å². The van der Waals surface area contributed by atoms with E-state index in [1.54, 1.807) is 93.4 Å². The minimum Gasteiger partial charge on any atom is -0.454 e. The SMILES string of the molecule is CC1=Nc2ccccc2C1c1nc(N)c(F)c(Nc2ccc(C#N)cc2)n1.Cc1nc2ccccc2n1-c1nc(N)c(F)c(Nc2ccc(Cl)cc2)n1.Cc1nc2ccccc2n1-c1nc(N)c(F)c(Nc2ccc(OC(F)(F)F)cc2)n1.Cc1nc2ccccc2n1-c1nc(N)c(F)c(Nc2ccc3c(c2)OCO3)n1.Cc1nc2ccccc2n1-c1nc(N)cc(Nc2ccc3c(c2)OCO3)n1. The Morgan fingerprint density at radius 2 is 0.739 bits per heavy atom. The predicted octanol–water partition coefficient (Wildman–Crippen LogP) is 19.3. The number of fused-ring (bicyclic) bond motifs is 7. The summed E-state index contributed by atoms with van der Waals surface area (Å²) in [5.74, 6) is 2.50. The number of hydrogen-bond acceptors (Lipinski definition) is 31. The van der Waals surface area contributed by atoms with E-state index in [-0.39, 0.29) is 83.8 Å².